The zero-order valence-electron chi connectivity index (χ0n) is 10.9. The van der Waals surface area contributed by atoms with Gasteiger partial charge in [-0.3, -0.25) is 4.79 Å². The van der Waals surface area contributed by atoms with E-state index < -0.39 is 17.4 Å². The Hall–Kier alpha value is -1.45. The fourth-order valence-electron chi connectivity index (χ4n) is 1.46. The van der Waals surface area contributed by atoms with Crippen LogP contribution in [-0.4, -0.2) is 12.4 Å². The average Bonchev–Trinajstić information content (AvgIpc) is 2.31. The van der Waals surface area contributed by atoms with Gasteiger partial charge in [0.2, 0.25) is 0 Å². The molecule has 0 aliphatic heterocycles. The quantitative estimate of drug-likeness (QED) is 0.719. The van der Waals surface area contributed by atoms with Crippen LogP contribution >= 0.6 is 0 Å². The maximum absolute atomic E-state index is 13.6. The molecule has 0 fully saturated rings. The predicted octanol–water partition coefficient (Wildman–Crippen LogP) is 3.98. The van der Waals surface area contributed by atoms with Crippen LogP contribution in [0.15, 0.2) is 12.1 Å². The van der Waals surface area contributed by atoms with Gasteiger partial charge in [0.05, 0.1) is 6.61 Å². The van der Waals surface area contributed by atoms with Crippen LogP contribution in [0.25, 0.3) is 0 Å². The summed E-state index contributed by atoms with van der Waals surface area (Å²) in [4.78, 5) is 11.4. The molecule has 0 amide bonds. The third-order valence-electron chi connectivity index (χ3n) is 2.58. The van der Waals surface area contributed by atoms with E-state index in [0.29, 0.717) is 12.3 Å². The van der Waals surface area contributed by atoms with Crippen molar-refractivity contribution >= 4 is 5.78 Å². The lowest BCUT2D eigenvalue weighted by atomic mass is 10.1. The fourth-order valence-corrected chi connectivity index (χ4v) is 1.46. The van der Waals surface area contributed by atoms with Gasteiger partial charge in [-0.1, -0.05) is 20.8 Å². The third kappa shape index (κ3) is 3.79. The molecular formula is C14H18F2O2. The Morgan fingerprint density at radius 1 is 1.28 bits per heavy atom. The Morgan fingerprint density at radius 2 is 1.83 bits per heavy atom. The molecule has 0 N–H and O–H groups in total. The summed E-state index contributed by atoms with van der Waals surface area (Å²) in [6.45, 7) is 5.90. The number of ether oxygens (including phenoxy) is 1. The van der Waals surface area contributed by atoms with Crippen LogP contribution in [0.1, 0.15) is 44.0 Å². The summed E-state index contributed by atoms with van der Waals surface area (Å²) in [5.74, 6) is -1.94. The molecule has 0 unspecified atom stereocenters. The number of hydrogen-bond donors (Lipinski definition) is 0. The van der Waals surface area contributed by atoms with E-state index in [4.69, 9.17) is 4.74 Å². The highest BCUT2D eigenvalue weighted by atomic mass is 19.1. The lowest BCUT2D eigenvalue weighted by Crippen LogP contribution is -2.06. The summed E-state index contributed by atoms with van der Waals surface area (Å²) < 4.78 is 32.3. The van der Waals surface area contributed by atoms with Crippen molar-refractivity contribution in [2.75, 3.05) is 6.61 Å². The highest BCUT2D eigenvalue weighted by Gasteiger charge is 2.15. The summed E-state index contributed by atoms with van der Waals surface area (Å²) in [6.07, 6.45) is 0.932. The first-order valence-electron chi connectivity index (χ1n) is 6.10. The molecule has 0 aliphatic rings. The van der Waals surface area contributed by atoms with Gasteiger partial charge < -0.3 is 4.74 Å². The first-order chi connectivity index (χ1) is 8.45. The summed E-state index contributed by atoms with van der Waals surface area (Å²) >= 11 is 0. The van der Waals surface area contributed by atoms with Crippen molar-refractivity contribution in [2.24, 2.45) is 5.92 Å². The van der Waals surface area contributed by atoms with Gasteiger partial charge >= 0.3 is 0 Å². The van der Waals surface area contributed by atoms with Crippen molar-refractivity contribution in [3.63, 3.8) is 0 Å². The Balaban J connectivity index is 2.84. The van der Waals surface area contributed by atoms with Crippen LogP contribution < -0.4 is 4.74 Å². The number of carbonyl (C=O) groups is 1. The second-order valence-corrected chi connectivity index (χ2v) is 4.58. The second-order valence-electron chi connectivity index (χ2n) is 4.58. The number of halogens is 2. The molecule has 0 bridgehead atoms. The average molecular weight is 256 g/mol. The molecule has 0 saturated carbocycles. The van der Waals surface area contributed by atoms with E-state index in [0.717, 1.165) is 12.1 Å². The van der Waals surface area contributed by atoms with Crippen molar-refractivity contribution in [3.05, 3.63) is 29.3 Å². The third-order valence-corrected chi connectivity index (χ3v) is 2.58. The minimum atomic E-state index is -0.824. The Morgan fingerprint density at radius 3 is 2.28 bits per heavy atom. The lowest BCUT2D eigenvalue weighted by Gasteiger charge is -2.10. The molecular weight excluding hydrogens is 238 g/mol. The van der Waals surface area contributed by atoms with E-state index in [1.165, 1.54) is 0 Å². The lowest BCUT2D eigenvalue weighted by molar-refractivity contribution is 0.0987. The minimum absolute atomic E-state index is 0.0451. The molecule has 1 aromatic carbocycles. The molecule has 0 radical (unpaired) electrons. The highest BCUT2D eigenvalue weighted by molar-refractivity contribution is 5.96. The zero-order chi connectivity index (χ0) is 13.7. The van der Waals surface area contributed by atoms with Gasteiger partial charge in [-0.25, -0.2) is 8.78 Å². The number of hydrogen-bond acceptors (Lipinski definition) is 2. The van der Waals surface area contributed by atoms with Crippen LogP contribution in [-0.2, 0) is 0 Å². The minimum Gasteiger partial charge on any atom is -0.488 e. The molecule has 1 aromatic rings. The first-order valence-corrected chi connectivity index (χ1v) is 6.10. The summed E-state index contributed by atoms with van der Waals surface area (Å²) in [7, 11) is 0. The second kappa shape index (κ2) is 6.47. The first kappa shape index (κ1) is 14.6. The van der Waals surface area contributed by atoms with E-state index in [1.807, 2.05) is 13.8 Å². The molecule has 0 heterocycles. The van der Waals surface area contributed by atoms with E-state index in [-0.39, 0.29) is 24.4 Å². The van der Waals surface area contributed by atoms with Crippen molar-refractivity contribution in [1.82, 2.24) is 0 Å². The standard InChI is InChI=1S/C14H18F2O2/c1-4-13(17)10-7-11(15)14(12(16)8-10)18-6-5-9(2)3/h7-9H,4-6H2,1-3H3. The van der Waals surface area contributed by atoms with Gasteiger partial charge in [0.15, 0.2) is 23.2 Å². The molecule has 0 saturated heterocycles. The van der Waals surface area contributed by atoms with Crippen molar-refractivity contribution in [2.45, 2.75) is 33.6 Å². The Bertz CT molecular complexity index is 405. The topological polar surface area (TPSA) is 26.3 Å². The van der Waals surface area contributed by atoms with E-state index in [1.54, 1.807) is 6.92 Å². The van der Waals surface area contributed by atoms with E-state index in [2.05, 4.69) is 0 Å². The normalized spacial score (nSPS) is 10.8. The maximum atomic E-state index is 13.6. The van der Waals surface area contributed by atoms with Crippen molar-refractivity contribution in [1.29, 1.82) is 0 Å². The van der Waals surface area contributed by atoms with Crippen LogP contribution in [0.3, 0.4) is 0 Å². The van der Waals surface area contributed by atoms with Crippen LogP contribution in [0.2, 0.25) is 0 Å². The largest absolute Gasteiger partial charge is 0.488 e. The number of Topliss-reactive ketones (excluding diaryl/α,β-unsaturated/α-hetero) is 1. The van der Waals surface area contributed by atoms with Gasteiger partial charge in [0, 0.05) is 12.0 Å². The molecule has 4 heteroatoms. The fraction of sp³-hybridized carbons (Fsp3) is 0.500. The maximum Gasteiger partial charge on any atom is 0.190 e. The van der Waals surface area contributed by atoms with Crippen LogP contribution in [0.4, 0.5) is 8.78 Å². The molecule has 0 atom stereocenters. The number of rotatable bonds is 6. The van der Waals surface area contributed by atoms with E-state index in [9.17, 15) is 13.6 Å². The zero-order valence-corrected chi connectivity index (χ0v) is 10.9. The molecule has 1 rings (SSSR count). The number of carbonyl (C=O) groups excluding carboxylic acids is 1. The van der Waals surface area contributed by atoms with Gasteiger partial charge in [-0.05, 0) is 24.5 Å². The van der Waals surface area contributed by atoms with Crippen molar-refractivity contribution < 1.29 is 18.3 Å². The summed E-state index contributed by atoms with van der Waals surface area (Å²) in [5, 5.41) is 0. The van der Waals surface area contributed by atoms with E-state index >= 15 is 0 Å². The monoisotopic (exact) mass is 256 g/mol. The van der Waals surface area contributed by atoms with Crippen molar-refractivity contribution in [3.8, 4) is 5.75 Å². The smallest absolute Gasteiger partial charge is 0.190 e. The molecule has 2 nitrogen and oxygen atoms in total. The summed E-state index contributed by atoms with van der Waals surface area (Å²) in [6, 6.07) is 2.05. The summed E-state index contributed by atoms with van der Waals surface area (Å²) in [5.41, 5.74) is 0.0451. The van der Waals surface area contributed by atoms with Gasteiger partial charge in [0.1, 0.15) is 0 Å². The van der Waals surface area contributed by atoms with Crippen LogP contribution in [0.5, 0.6) is 5.75 Å². The predicted molar refractivity (Wildman–Crippen MR) is 65.9 cm³/mol. The molecule has 18 heavy (non-hydrogen) atoms. The SMILES string of the molecule is CCC(=O)c1cc(F)c(OCCC(C)C)c(F)c1. The van der Waals surface area contributed by atoms with Gasteiger partial charge in [-0.2, -0.15) is 0 Å². The molecule has 100 valence electrons. The molecule has 0 spiro atoms. The van der Waals surface area contributed by atoms with Gasteiger partial charge in [0.25, 0.3) is 0 Å². The highest BCUT2D eigenvalue weighted by Crippen LogP contribution is 2.24. The molecule has 0 aliphatic carbocycles. The molecule has 0 aromatic heterocycles. The Kier molecular flexibility index (Phi) is 5.25. The number of ketones is 1. The van der Waals surface area contributed by atoms with Crippen LogP contribution in [0, 0.1) is 17.6 Å². The van der Waals surface area contributed by atoms with Gasteiger partial charge in [-0.15, -0.1) is 0 Å². The number of benzene rings is 1. The Labute approximate surface area is 106 Å².